The lowest BCUT2D eigenvalue weighted by molar-refractivity contribution is 0.112. The molecule has 0 bridgehead atoms. The number of aldehydes is 1. The van der Waals surface area contributed by atoms with Crippen LogP contribution in [0.5, 0.6) is 0 Å². The van der Waals surface area contributed by atoms with Crippen LogP contribution < -0.4 is 0 Å². The molecule has 0 spiro atoms. The van der Waals surface area contributed by atoms with Crippen molar-refractivity contribution in [1.29, 1.82) is 0 Å². The van der Waals surface area contributed by atoms with E-state index in [1.54, 1.807) is 0 Å². The molecule has 1 aliphatic carbocycles. The minimum absolute atomic E-state index is 0.217. The van der Waals surface area contributed by atoms with Crippen molar-refractivity contribution in [2.75, 3.05) is 0 Å². The first-order valence-electron chi connectivity index (χ1n) is 6.87. The molecular weight excluding hydrogens is 220 g/mol. The standard InChI is InChI=1S/C17H24O/c1-7-17(6)10-16(4,5)14-8-11(2)13(9-18)12(3)15(14)17/h8-9H,7,10H2,1-6H3. The summed E-state index contributed by atoms with van der Waals surface area (Å²) in [6.45, 7) is 13.4. The topological polar surface area (TPSA) is 17.1 Å². The van der Waals surface area contributed by atoms with E-state index in [0.29, 0.717) is 0 Å². The number of carbonyl (C=O) groups is 1. The van der Waals surface area contributed by atoms with Gasteiger partial charge in [-0.25, -0.2) is 0 Å². The van der Waals surface area contributed by atoms with E-state index in [4.69, 9.17) is 0 Å². The van der Waals surface area contributed by atoms with Crippen LogP contribution in [-0.4, -0.2) is 6.29 Å². The number of benzene rings is 1. The third-order valence-electron chi connectivity index (χ3n) is 4.90. The summed E-state index contributed by atoms with van der Waals surface area (Å²) in [5.41, 5.74) is 6.54. The van der Waals surface area contributed by atoms with Gasteiger partial charge in [0.25, 0.3) is 0 Å². The van der Waals surface area contributed by atoms with Gasteiger partial charge < -0.3 is 0 Å². The highest BCUT2D eigenvalue weighted by molar-refractivity contribution is 5.81. The number of hydrogen-bond acceptors (Lipinski definition) is 1. The molecule has 1 aliphatic rings. The molecule has 1 aromatic carbocycles. The summed E-state index contributed by atoms with van der Waals surface area (Å²) in [5, 5.41) is 0. The van der Waals surface area contributed by atoms with E-state index in [-0.39, 0.29) is 10.8 Å². The van der Waals surface area contributed by atoms with Crippen molar-refractivity contribution in [2.24, 2.45) is 0 Å². The van der Waals surface area contributed by atoms with Gasteiger partial charge in [-0.3, -0.25) is 4.79 Å². The van der Waals surface area contributed by atoms with Crippen molar-refractivity contribution in [3.63, 3.8) is 0 Å². The summed E-state index contributed by atoms with van der Waals surface area (Å²) in [5.74, 6) is 0. The molecule has 1 aromatic rings. The van der Waals surface area contributed by atoms with Gasteiger partial charge in [0.05, 0.1) is 0 Å². The van der Waals surface area contributed by atoms with Crippen LogP contribution in [0.15, 0.2) is 6.07 Å². The maximum Gasteiger partial charge on any atom is 0.150 e. The summed E-state index contributed by atoms with van der Waals surface area (Å²) < 4.78 is 0. The quantitative estimate of drug-likeness (QED) is 0.702. The van der Waals surface area contributed by atoms with Gasteiger partial charge in [0.15, 0.2) is 6.29 Å². The minimum Gasteiger partial charge on any atom is -0.298 e. The fraction of sp³-hybridized carbons (Fsp3) is 0.588. The lowest BCUT2D eigenvalue weighted by atomic mass is 9.77. The van der Waals surface area contributed by atoms with Crippen molar-refractivity contribution in [2.45, 2.75) is 65.2 Å². The number of carbonyl (C=O) groups excluding carboxylic acids is 1. The van der Waals surface area contributed by atoms with Crippen LogP contribution in [0.3, 0.4) is 0 Å². The Hall–Kier alpha value is -1.11. The van der Waals surface area contributed by atoms with Crippen molar-refractivity contribution in [1.82, 2.24) is 0 Å². The molecular formula is C17H24O. The maximum absolute atomic E-state index is 11.3. The molecule has 1 nitrogen and oxygen atoms in total. The summed E-state index contributed by atoms with van der Waals surface area (Å²) in [6, 6.07) is 2.24. The van der Waals surface area contributed by atoms with Gasteiger partial charge in [0.1, 0.15) is 0 Å². The molecule has 1 atom stereocenters. The summed E-state index contributed by atoms with van der Waals surface area (Å²) >= 11 is 0. The average Bonchev–Trinajstić information content (AvgIpc) is 2.47. The molecule has 2 rings (SSSR count). The zero-order valence-electron chi connectivity index (χ0n) is 12.5. The van der Waals surface area contributed by atoms with E-state index >= 15 is 0 Å². The molecule has 0 aromatic heterocycles. The molecule has 0 saturated carbocycles. The Morgan fingerprint density at radius 3 is 2.39 bits per heavy atom. The lowest BCUT2D eigenvalue weighted by Gasteiger charge is -2.27. The first-order chi connectivity index (χ1) is 8.27. The molecule has 1 unspecified atom stereocenters. The van der Waals surface area contributed by atoms with E-state index in [9.17, 15) is 4.79 Å². The van der Waals surface area contributed by atoms with Gasteiger partial charge in [-0.05, 0) is 59.8 Å². The highest BCUT2D eigenvalue weighted by atomic mass is 16.1. The zero-order chi connectivity index (χ0) is 13.7. The Balaban J connectivity index is 2.83. The Kier molecular flexibility index (Phi) is 2.92. The third kappa shape index (κ3) is 1.64. The summed E-state index contributed by atoms with van der Waals surface area (Å²) in [6.07, 6.45) is 3.33. The van der Waals surface area contributed by atoms with Gasteiger partial charge in [-0.15, -0.1) is 0 Å². The van der Waals surface area contributed by atoms with Gasteiger partial charge in [0.2, 0.25) is 0 Å². The Morgan fingerprint density at radius 1 is 1.28 bits per heavy atom. The van der Waals surface area contributed by atoms with Crippen LogP contribution in [0.4, 0.5) is 0 Å². The fourth-order valence-electron chi connectivity index (χ4n) is 3.95. The van der Waals surface area contributed by atoms with E-state index < -0.39 is 0 Å². The predicted molar refractivity (Wildman–Crippen MR) is 76.6 cm³/mol. The molecule has 0 radical (unpaired) electrons. The second kappa shape index (κ2) is 3.94. The van der Waals surface area contributed by atoms with Crippen LogP contribution in [0.2, 0.25) is 0 Å². The number of hydrogen-bond donors (Lipinski definition) is 0. The molecule has 0 N–H and O–H groups in total. The molecule has 0 saturated heterocycles. The van der Waals surface area contributed by atoms with Gasteiger partial charge in [0, 0.05) is 5.56 Å². The molecule has 1 heteroatoms. The molecule has 18 heavy (non-hydrogen) atoms. The number of fused-ring (bicyclic) bond motifs is 1. The summed E-state index contributed by atoms with van der Waals surface area (Å²) in [7, 11) is 0. The smallest absolute Gasteiger partial charge is 0.150 e. The van der Waals surface area contributed by atoms with E-state index in [2.05, 4.69) is 47.6 Å². The van der Waals surface area contributed by atoms with E-state index in [1.807, 2.05) is 0 Å². The monoisotopic (exact) mass is 244 g/mol. The Labute approximate surface area is 111 Å². The van der Waals surface area contributed by atoms with Crippen molar-refractivity contribution >= 4 is 6.29 Å². The van der Waals surface area contributed by atoms with Crippen LogP contribution >= 0.6 is 0 Å². The predicted octanol–water partition coefficient (Wildman–Crippen LogP) is 4.46. The van der Waals surface area contributed by atoms with Crippen molar-refractivity contribution in [3.05, 3.63) is 33.9 Å². The van der Waals surface area contributed by atoms with Crippen molar-refractivity contribution in [3.8, 4) is 0 Å². The van der Waals surface area contributed by atoms with Gasteiger partial charge in [-0.2, -0.15) is 0 Å². The molecule has 0 aliphatic heterocycles. The van der Waals surface area contributed by atoms with Gasteiger partial charge >= 0.3 is 0 Å². The highest BCUT2D eigenvalue weighted by Crippen LogP contribution is 2.53. The van der Waals surface area contributed by atoms with Crippen molar-refractivity contribution < 1.29 is 4.79 Å². The highest BCUT2D eigenvalue weighted by Gasteiger charge is 2.45. The van der Waals surface area contributed by atoms with E-state index in [1.165, 1.54) is 23.1 Å². The van der Waals surface area contributed by atoms with E-state index in [0.717, 1.165) is 23.8 Å². The average molecular weight is 244 g/mol. The Morgan fingerprint density at radius 2 is 1.89 bits per heavy atom. The lowest BCUT2D eigenvalue weighted by Crippen LogP contribution is -2.21. The van der Waals surface area contributed by atoms with Crippen LogP contribution in [0, 0.1) is 13.8 Å². The molecule has 0 heterocycles. The minimum atomic E-state index is 0.217. The van der Waals surface area contributed by atoms with Crippen LogP contribution in [-0.2, 0) is 10.8 Å². The second-order valence-electron chi connectivity index (χ2n) is 6.75. The molecule has 0 amide bonds. The zero-order valence-corrected chi connectivity index (χ0v) is 12.5. The van der Waals surface area contributed by atoms with Crippen LogP contribution in [0.1, 0.15) is 73.1 Å². The second-order valence-corrected chi connectivity index (χ2v) is 6.75. The first-order valence-corrected chi connectivity index (χ1v) is 6.87. The molecule has 0 fully saturated rings. The number of rotatable bonds is 2. The number of aryl methyl sites for hydroxylation is 1. The third-order valence-corrected chi connectivity index (χ3v) is 4.90. The normalized spacial score (nSPS) is 25.0. The van der Waals surface area contributed by atoms with Gasteiger partial charge in [-0.1, -0.05) is 33.8 Å². The Bertz CT molecular complexity index is 511. The first kappa shape index (κ1) is 13.3. The largest absolute Gasteiger partial charge is 0.298 e. The van der Waals surface area contributed by atoms with Crippen LogP contribution in [0.25, 0.3) is 0 Å². The summed E-state index contributed by atoms with van der Waals surface area (Å²) in [4.78, 5) is 11.3. The fourth-order valence-corrected chi connectivity index (χ4v) is 3.95. The molecule has 98 valence electrons. The maximum atomic E-state index is 11.3. The SMILES string of the molecule is CCC1(C)CC(C)(C)c2cc(C)c(C=O)c(C)c21.